The number of nitrogens with zero attached hydrogens (tertiary/aromatic N) is 3. The van der Waals surface area contributed by atoms with Gasteiger partial charge in [-0.3, -0.25) is 0 Å². The number of hydrogen-bond donors (Lipinski definition) is 0. The van der Waals surface area contributed by atoms with E-state index in [0.717, 1.165) is 82.8 Å². The van der Waals surface area contributed by atoms with Gasteiger partial charge in [0.2, 0.25) is 0 Å². The third-order valence-electron chi connectivity index (χ3n) is 10.9. The van der Waals surface area contributed by atoms with Gasteiger partial charge in [-0.1, -0.05) is 164 Å². The van der Waals surface area contributed by atoms with E-state index in [4.69, 9.17) is 19.4 Å². The van der Waals surface area contributed by atoms with Crippen LogP contribution in [-0.4, -0.2) is 15.0 Å². The molecule has 4 heteroatoms. The van der Waals surface area contributed by atoms with Crippen LogP contribution in [0.3, 0.4) is 0 Å². The quantitative estimate of drug-likeness (QED) is 0.171. The summed E-state index contributed by atoms with van der Waals surface area (Å²) in [4.78, 5) is 15.8. The number of aromatic nitrogens is 3. The van der Waals surface area contributed by atoms with Crippen LogP contribution in [-0.2, 0) is 0 Å². The first-order chi connectivity index (χ1) is 28.2. The molecule has 0 saturated carbocycles. The zero-order valence-corrected chi connectivity index (χ0v) is 30.8. The lowest BCUT2D eigenvalue weighted by Gasteiger charge is -2.15. The van der Waals surface area contributed by atoms with Crippen LogP contribution in [0.4, 0.5) is 0 Å². The number of hydrogen-bond acceptors (Lipinski definition) is 4. The molecule has 0 saturated heterocycles. The number of para-hydroxylation sites is 1. The summed E-state index contributed by atoms with van der Waals surface area (Å²) in [5.74, 6) is 1.78. The molecule has 0 aliphatic heterocycles. The zero-order chi connectivity index (χ0) is 37.7. The van der Waals surface area contributed by atoms with Crippen molar-refractivity contribution in [1.82, 2.24) is 15.0 Å². The van der Waals surface area contributed by atoms with Gasteiger partial charge < -0.3 is 4.42 Å². The fourth-order valence-corrected chi connectivity index (χ4v) is 8.09. The van der Waals surface area contributed by atoms with Crippen molar-refractivity contribution in [1.29, 1.82) is 0 Å². The molecular weight excluding hydrogens is 695 g/mol. The molecule has 0 atom stereocenters. The Labute approximate surface area is 329 Å². The molecule has 2 heterocycles. The molecule has 4 nitrogen and oxygen atoms in total. The van der Waals surface area contributed by atoms with Gasteiger partial charge >= 0.3 is 0 Å². The highest BCUT2D eigenvalue weighted by molar-refractivity contribution is 6.15. The lowest BCUT2D eigenvalue weighted by atomic mass is 9.91. The maximum atomic E-state index is 6.66. The first kappa shape index (κ1) is 32.7. The highest BCUT2D eigenvalue weighted by Gasteiger charge is 2.21. The number of fused-ring (bicyclic) bond motifs is 5. The van der Waals surface area contributed by atoms with Crippen LogP contribution < -0.4 is 0 Å². The average molecular weight is 728 g/mol. The molecule has 11 aromatic rings. The van der Waals surface area contributed by atoms with Crippen LogP contribution in [0.25, 0.3) is 111 Å². The Bertz CT molecular complexity index is 3300. The highest BCUT2D eigenvalue weighted by atomic mass is 16.3. The smallest absolute Gasteiger partial charge is 0.164 e. The van der Waals surface area contributed by atoms with Crippen molar-refractivity contribution in [3.63, 3.8) is 0 Å². The summed E-state index contributed by atoms with van der Waals surface area (Å²) in [6.07, 6.45) is 0. The molecule has 0 N–H and O–H groups in total. The molecule has 0 aliphatic carbocycles. The molecule has 0 bridgehead atoms. The van der Waals surface area contributed by atoms with Gasteiger partial charge in [0.25, 0.3) is 0 Å². The molecule has 0 spiro atoms. The van der Waals surface area contributed by atoms with Gasteiger partial charge in [-0.2, -0.15) is 0 Å². The Balaban J connectivity index is 1.17. The lowest BCUT2D eigenvalue weighted by Crippen LogP contribution is -2.01. The Morgan fingerprint density at radius 2 is 0.789 bits per heavy atom. The van der Waals surface area contributed by atoms with Crippen molar-refractivity contribution in [2.45, 2.75) is 0 Å². The van der Waals surface area contributed by atoms with Crippen LogP contribution in [0.1, 0.15) is 0 Å². The van der Waals surface area contributed by atoms with E-state index < -0.39 is 0 Å². The summed E-state index contributed by atoms with van der Waals surface area (Å²) in [7, 11) is 0. The van der Waals surface area contributed by atoms with Gasteiger partial charge in [0, 0.05) is 33.0 Å². The number of benzene rings is 9. The molecule has 0 unspecified atom stereocenters. The zero-order valence-electron chi connectivity index (χ0n) is 30.8. The predicted octanol–water partition coefficient (Wildman–Crippen LogP) is 14.1. The summed E-state index contributed by atoms with van der Waals surface area (Å²) in [6, 6.07) is 69.9. The van der Waals surface area contributed by atoms with Gasteiger partial charge in [-0.05, 0) is 85.8 Å². The van der Waals surface area contributed by atoms with Crippen molar-refractivity contribution in [2.24, 2.45) is 0 Å². The Morgan fingerprint density at radius 3 is 1.49 bits per heavy atom. The van der Waals surface area contributed by atoms with E-state index in [9.17, 15) is 0 Å². The first-order valence-corrected chi connectivity index (χ1v) is 19.2. The topological polar surface area (TPSA) is 51.8 Å². The van der Waals surface area contributed by atoms with Crippen LogP contribution in [0.5, 0.6) is 0 Å². The standard InChI is InChI=1S/C53H33N3O/c1-3-15-36(16-4-1)43-28-27-42(33-47(43)40-25-23-34-13-7-9-19-38(34)31-40)52-54-51(41-26-24-35-14-8-10-20-39(35)32-41)55-53(56-52)46-30-29-44(37-17-5-2-6-18-37)50-49(46)45-21-11-12-22-48(45)57-50/h1-33H. The molecule has 2 aromatic heterocycles. The van der Waals surface area contributed by atoms with E-state index in [1.54, 1.807) is 0 Å². The van der Waals surface area contributed by atoms with E-state index in [1.165, 1.54) is 10.8 Å². The third-order valence-corrected chi connectivity index (χ3v) is 10.9. The summed E-state index contributed by atoms with van der Waals surface area (Å²) in [5.41, 5.74) is 11.0. The van der Waals surface area contributed by atoms with Crippen LogP contribution in [0.2, 0.25) is 0 Å². The second-order valence-corrected chi connectivity index (χ2v) is 14.4. The van der Waals surface area contributed by atoms with E-state index in [0.29, 0.717) is 17.5 Å². The summed E-state index contributed by atoms with van der Waals surface area (Å²) in [6.45, 7) is 0. The van der Waals surface area contributed by atoms with Gasteiger partial charge in [0.05, 0.1) is 0 Å². The van der Waals surface area contributed by atoms with E-state index >= 15 is 0 Å². The Kier molecular flexibility index (Phi) is 7.78. The summed E-state index contributed by atoms with van der Waals surface area (Å²) in [5, 5.41) is 6.67. The SMILES string of the molecule is c1ccc(-c2ccc(-c3nc(-c4ccc5ccccc5c4)nc(-c4ccc(-c5ccccc5)c5oc6ccccc6c45)n3)cc2-c2ccc3ccccc3c2)cc1. The minimum Gasteiger partial charge on any atom is -0.455 e. The fraction of sp³-hybridized carbons (Fsp3) is 0. The van der Waals surface area contributed by atoms with E-state index in [2.05, 4.69) is 182 Å². The van der Waals surface area contributed by atoms with Crippen LogP contribution in [0, 0.1) is 0 Å². The van der Waals surface area contributed by atoms with Crippen molar-refractivity contribution < 1.29 is 4.42 Å². The van der Waals surface area contributed by atoms with Gasteiger partial charge in [0.15, 0.2) is 17.5 Å². The molecule has 0 amide bonds. The van der Waals surface area contributed by atoms with Crippen molar-refractivity contribution in [3.8, 4) is 67.5 Å². The molecule has 0 aliphatic rings. The molecule has 11 rings (SSSR count). The normalized spacial score (nSPS) is 11.5. The minimum absolute atomic E-state index is 0.582. The number of furan rings is 1. The maximum absolute atomic E-state index is 6.66. The van der Waals surface area contributed by atoms with E-state index in [1.807, 2.05) is 18.2 Å². The largest absolute Gasteiger partial charge is 0.455 e. The van der Waals surface area contributed by atoms with Crippen LogP contribution in [0.15, 0.2) is 205 Å². The van der Waals surface area contributed by atoms with Crippen molar-refractivity contribution in [3.05, 3.63) is 200 Å². The molecule has 266 valence electrons. The van der Waals surface area contributed by atoms with Gasteiger partial charge in [-0.25, -0.2) is 15.0 Å². The lowest BCUT2D eigenvalue weighted by molar-refractivity contribution is 0.670. The molecule has 0 radical (unpaired) electrons. The molecule has 57 heavy (non-hydrogen) atoms. The maximum Gasteiger partial charge on any atom is 0.164 e. The van der Waals surface area contributed by atoms with Gasteiger partial charge in [0.1, 0.15) is 11.2 Å². The summed E-state index contributed by atoms with van der Waals surface area (Å²) >= 11 is 0. The first-order valence-electron chi connectivity index (χ1n) is 19.2. The molecular formula is C53H33N3O. The average Bonchev–Trinajstić information content (AvgIpc) is 3.68. The predicted molar refractivity (Wildman–Crippen MR) is 235 cm³/mol. The minimum atomic E-state index is 0.582. The molecule has 0 fully saturated rings. The molecule has 9 aromatic carbocycles. The number of rotatable bonds is 6. The third kappa shape index (κ3) is 5.83. The highest BCUT2D eigenvalue weighted by Crippen LogP contribution is 2.42. The van der Waals surface area contributed by atoms with Gasteiger partial charge in [-0.15, -0.1) is 0 Å². The van der Waals surface area contributed by atoms with E-state index in [-0.39, 0.29) is 0 Å². The monoisotopic (exact) mass is 727 g/mol. The summed E-state index contributed by atoms with van der Waals surface area (Å²) < 4.78 is 6.66. The Hall–Kier alpha value is -7.69. The van der Waals surface area contributed by atoms with Crippen molar-refractivity contribution >= 4 is 43.5 Å². The Morgan fingerprint density at radius 1 is 0.298 bits per heavy atom. The van der Waals surface area contributed by atoms with Crippen LogP contribution >= 0.6 is 0 Å². The second-order valence-electron chi connectivity index (χ2n) is 14.4. The second kappa shape index (κ2) is 13.6. The fourth-order valence-electron chi connectivity index (χ4n) is 8.09. The van der Waals surface area contributed by atoms with Crippen molar-refractivity contribution in [2.75, 3.05) is 0 Å².